The van der Waals surface area contributed by atoms with Crippen molar-refractivity contribution in [2.24, 2.45) is 0 Å². The molecule has 0 saturated carbocycles. The zero-order chi connectivity index (χ0) is 14.1. The van der Waals surface area contributed by atoms with E-state index in [1.807, 2.05) is 41.3 Å². The van der Waals surface area contributed by atoms with Crippen LogP contribution in [-0.4, -0.2) is 17.4 Å². The van der Waals surface area contributed by atoms with Gasteiger partial charge in [-0.15, -0.1) is 0 Å². The second kappa shape index (κ2) is 5.17. The number of hydrogen-bond donors (Lipinski definition) is 1. The van der Waals surface area contributed by atoms with E-state index in [-0.39, 0.29) is 5.91 Å². The molecule has 2 aromatic carbocycles. The summed E-state index contributed by atoms with van der Waals surface area (Å²) >= 11 is 5.98. The largest absolute Gasteiger partial charge is 0.399 e. The van der Waals surface area contributed by atoms with Gasteiger partial charge in [-0.05, 0) is 41.8 Å². The fourth-order valence-corrected chi connectivity index (χ4v) is 2.76. The maximum absolute atomic E-state index is 12.5. The van der Waals surface area contributed by atoms with Gasteiger partial charge < -0.3 is 10.6 Å². The lowest BCUT2D eigenvalue weighted by molar-refractivity contribution is 0.0727. The number of fused-ring (bicyclic) bond motifs is 1. The van der Waals surface area contributed by atoms with Crippen LogP contribution in [0.3, 0.4) is 0 Å². The normalized spacial score (nSPS) is 14.2. The third kappa shape index (κ3) is 2.49. The summed E-state index contributed by atoms with van der Waals surface area (Å²) in [6, 6.07) is 13.2. The Morgan fingerprint density at radius 1 is 1.20 bits per heavy atom. The first kappa shape index (κ1) is 13.0. The minimum atomic E-state index is 0.0403. The van der Waals surface area contributed by atoms with Crippen molar-refractivity contribution in [2.75, 3.05) is 12.3 Å². The van der Waals surface area contributed by atoms with E-state index < -0.39 is 0 Å². The van der Waals surface area contributed by atoms with Crippen LogP contribution in [0.25, 0.3) is 0 Å². The zero-order valence-electron chi connectivity index (χ0n) is 11.0. The van der Waals surface area contributed by atoms with Crippen molar-refractivity contribution in [2.45, 2.75) is 13.0 Å². The first-order valence-corrected chi connectivity index (χ1v) is 6.93. The van der Waals surface area contributed by atoms with Gasteiger partial charge in [-0.25, -0.2) is 0 Å². The summed E-state index contributed by atoms with van der Waals surface area (Å²) in [6.07, 6.45) is 0.863. The highest BCUT2D eigenvalue weighted by Gasteiger charge is 2.24. The number of anilines is 1. The molecule has 0 atom stereocenters. The smallest absolute Gasteiger partial charge is 0.254 e. The molecule has 1 amide bonds. The van der Waals surface area contributed by atoms with E-state index in [1.165, 1.54) is 0 Å². The first-order valence-electron chi connectivity index (χ1n) is 6.55. The molecule has 0 saturated heterocycles. The molecule has 0 fully saturated rings. The summed E-state index contributed by atoms with van der Waals surface area (Å²) < 4.78 is 0. The molecule has 2 N–H and O–H groups in total. The van der Waals surface area contributed by atoms with Crippen LogP contribution < -0.4 is 5.73 Å². The lowest BCUT2D eigenvalue weighted by Crippen LogP contribution is -2.37. The summed E-state index contributed by atoms with van der Waals surface area (Å²) in [5.41, 5.74) is 9.24. The van der Waals surface area contributed by atoms with Gasteiger partial charge in [-0.2, -0.15) is 0 Å². The summed E-state index contributed by atoms with van der Waals surface area (Å²) in [5.74, 6) is 0.0403. The van der Waals surface area contributed by atoms with E-state index >= 15 is 0 Å². The van der Waals surface area contributed by atoms with E-state index in [4.69, 9.17) is 17.3 Å². The number of carbonyl (C=O) groups excluding carboxylic acids is 1. The first-order chi connectivity index (χ1) is 9.63. The van der Waals surface area contributed by atoms with Crippen LogP contribution in [0.15, 0.2) is 42.5 Å². The van der Waals surface area contributed by atoms with Gasteiger partial charge in [-0.1, -0.05) is 29.8 Å². The van der Waals surface area contributed by atoms with Gasteiger partial charge in [-0.3, -0.25) is 4.79 Å². The maximum atomic E-state index is 12.5. The van der Waals surface area contributed by atoms with Gasteiger partial charge in [0.25, 0.3) is 5.91 Å². The van der Waals surface area contributed by atoms with E-state index in [0.717, 1.165) is 29.7 Å². The van der Waals surface area contributed by atoms with Crippen LogP contribution >= 0.6 is 11.6 Å². The predicted octanol–water partition coefficient (Wildman–Crippen LogP) is 3.12. The second-order valence-electron chi connectivity index (χ2n) is 5.02. The van der Waals surface area contributed by atoms with Crippen LogP contribution in [-0.2, 0) is 13.0 Å². The Morgan fingerprint density at radius 2 is 2.05 bits per heavy atom. The number of hydrogen-bond acceptors (Lipinski definition) is 2. The number of halogens is 1. The molecular weight excluding hydrogens is 272 g/mol. The van der Waals surface area contributed by atoms with Crippen molar-refractivity contribution in [3.63, 3.8) is 0 Å². The fraction of sp³-hybridized carbons (Fsp3) is 0.188. The quantitative estimate of drug-likeness (QED) is 0.862. The SMILES string of the molecule is Nc1ccc2c(c1)C(=O)N(Cc1cccc(Cl)c1)CC2. The minimum Gasteiger partial charge on any atom is -0.399 e. The van der Waals surface area contributed by atoms with Crippen molar-refractivity contribution in [1.82, 2.24) is 4.90 Å². The molecule has 20 heavy (non-hydrogen) atoms. The summed E-state index contributed by atoms with van der Waals surface area (Å²) in [7, 11) is 0. The Morgan fingerprint density at radius 3 is 2.85 bits per heavy atom. The average molecular weight is 287 g/mol. The van der Waals surface area contributed by atoms with Gasteiger partial charge in [0.2, 0.25) is 0 Å². The number of nitrogens with zero attached hydrogens (tertiary/aromatic N) is 1. The molecule has 3 nitrogen and oxygen atoms in total. The van der Waals surface area contributed by atoms with Crippen LogP contribution in [0.5, 0.6) is 0 Å². The van der Waals surface area contributed by atoms with E-state index in [9.17, 15) is 4.79 Å². The van der Waals surface area contributed by atoms with Crippen LogP contribution in [0.2, 0.25) is 5.02 Å². The molecular formula is C16H15ClN2O. The van der Waals surface area contributed by atoms with Crippen molar-refractivity contribution in [3.05, 3.63) is 64.2 Å². The average Bonchev–Trinajstić information content (AvgIpc) is 2.43. The Bertz CT molecular complexity index is 669. The highest BCUT2D eigenvalue weighted by Crippen LogP contribution is 2.23. The van der Waals surface area contributed by atoms with Crippen molar-refractivity contribution < 1.29 is 4.79 Å². The lowest BCUT2D eigenvalue weighted by Gasteiger charge is -2.29. The van der Waals surface area contributed by atoms with Crippen molar-refractivity contribution in [1.29, 1.82) is 0 Å². The molecule has 2 aromatic rings. The number of benzene rings is 2. The molecule has 0 aliphatic carbocycles. The molecule has 0 radical (unpaired) electrons. The number of nitrogens with two attached hydrogens (primary N) is 1. The van der Waals surface area contributed by atoms with E-state index in [0.29, 0.717) is 17.3 Å². The maximum Gasteiger partial charge on any atom is 0.254 e. The number of carbonyl (C=O) groups is 1. The number of nitrogen functional groups attached to an aromatic ring is 1. The predicted molar refractivity (Wildman–Crippen MR) is 80.8 cm³/mol. The molecule has 102 valence electrons. The van der Waals surface area contributed by atoms with Gasteiger partial charge in [0, 0.05) is 29.4 Å². The molecule has 0 spiro atoms. The fourth-order valence-electron chi connectivity index (χ4n) is 2.55. The molecule has 0 aromatic heterocycles. The molecule has 1 aliphatic rings. The standard InChI is InChI=1S/C16H15ClN2O/c17-13-3-1-2-11(8-13)10-19-7-6-12-4-5-14(18)9-15(12)16(19)20/h1-5,8-9H,6-7,10,18H2. The Labute approximate surface area is 123 Å². The summed E-state index contributed by atoms with van der Waals surface area (Å²) in [6.45, 7) is 1.30. The Hall–Kier alpha value is -2.00. The third-order valence-corrected chi connectivity index (χ3v) is 3.80. The molecule has 1 aliphatic heterocycles. The molecule has 0 bridgehead atoms. The second-order valence-corrected chi connectivity index (χ2v) is 5.46. The minimum absolute atomic E-state index is 0.0403. The van der Waals surface area contributed by atoms with Crippen LogP contribution in [0, 0.1) is 0 Å². The molecule has 4 heteroatoms. The Kier molecular flexibility index (Phi) is 3.36. The lowest BCUT2D eigenvalue weighted by atomic mass is 9.98. The van der Waals surface area contributed by atoms with Gasteiger partial charge in [0.15, 0.2) is 0 Å². The highest BCUT2D eigenvalue weighted by atomic mass is 35.5. The Balaban J connectivity index is 1.85. The van der Waals surface area contributed by atoms with Crippen LogP contribution in [0.4, 0.5) is 5.69 Å². The molecule has 1 heterocycles. The van der Waals surface area contributed by atoms with Gasteiger partial charge >= 0.3 is 0 Å². The number of rotatable bonds is 2. The zero-order valence-corrected chi connectivity index (χ0v) is 11.7. The topological polar surface area (TPSA) is 46.3 Å². The van der Waals surface area contributed by atoms with Crippen molar-refractivity contribution in [3.8, 4) is 0 Å². The molecule has 0 unspecified atom stereocenters. The number of amides is 1. The highest BCUT2D eigenvalue weighted by molar-refractivity contribution is 6.30. The van der Waals surface area contributed by atoms with Crippen molar-refractivity contribution >= 4 is 23.2 Å². The van der Waals surface area contributed by atoms with Gasteiger partial charge in [0.05, 0.1) is 0 Å². The summed E-state index contributed by atoms with van der Waals surface area (Å²) in [4.78, 5) is 14.3. The third-order valence-electron chi connectivity index (χ3n) is 3.57. The molecule has 3 rings (SSSR count). The van der Waals surface area contributed by atoms with E-state index in [1.54, 1.807) is 6.07 Å². The summed E-state index contributed by atoms with van der Waals surface area (Å²) in [5, 5.41) is 0.691. The monoisotopic (exact) mass is 286 g/mol. The van der Waals surface area contributed by atoms with E-state index in [2.05, 4.69) is 0 Å². The van der Waals surface area contributed by atoms with Crippen LogP contribution in [0.1, 0.15) is 21.5 Å². The van der Waals surface area contributed by atoms with Gasteiger partial charge in [0.1, 0.15) is 0 Å².